The number of benzene rings is 2. The third-order valence-corrected chi connectivity index (χ3v) is 4.48. The highest BCUT2D eigenvalue weighted by Gasteiger charge is 2.22. The zero-order chi connectivity index (χ0) is 20.4. The van der Waals surface area contributed by atoms with Crippen molar-refractivity contribution in [3.05, 3.63) is 70.0 Å². The van der Waals surface area contributed by atoms with E-state index in [0.29, 0.717) is 29.8 Å². The Morgan fingerprint density at radius 1 is 1.14 bits per heavy atom. The SMILES string of the molecule is CC(C)CCn1c(=O)c(C(=O)Nc2ccc(F)c(F)c2)c(O)c2ccccc21. The van der Waals surface area contributed by atoms with Gasteiger partial charge in [0.05, 0.1) is 5.52 Å². The predicted molar refractivity (Wildman–Crippen MR) is 104 cm³/mol. The van der Waals surface area contributed by atoms with Crippen LogP contribution in [0.5, 0.6) is 5.75 Å². The molecule has 0 atom stereocenters. The molecule has 0 aliphatic rings. The van der Waals surface area contributed by atoms with Crippen molar-refractivity contribution in [1.29, 1.82) is 0 Å². The number of halogens is 2. The quantitative estimate of drug-likeness (QED) is 0.687. The Morgan fingerprint density at radius 3 is 2.54 bits per heavy atom. The number of aromatic nitrogens is 1. The van der Waals surface area contributed by atoms with Gasteiger partial charge in [-0.1, -0.05) is 26.0 Å². The lowest BCUT2D eigenvalue weighted by Gasteiger charge is -2.16. The average molecular weight is 386 g/mol. The number of carbonyl (C=O) groups is 1. The van der Waals surface area contributed by atoms with Gasteiger partial charge in [-0.3, -0.25) is 9.59 Å². The van der Waals surface area contributed by atoms with Crippen molar-refractivity contribution < 1.29 is 18.7 Å². The number of pyridine rings is 1. The van der Waals surface area contributed by atoms with Crippen LogP contribution < -0.4 is 10.9 Å². The number of amides is 1. The van der Waals surface area contributed by atoms with Crippen molar-refractivity contribution in [2.45, 2.75) is 26.8 Å². The van der Waals surface area contributed by atoms with E-state index in [-0.39, 0.29) is 5.69 Å². The van der Waals surface area contributed by atoms with Gasteiger partial charge in [0.2, 0.25) is 0 Å². The summed E-state index contributed by atoms with van der Waals surface area (Å²) in [4.78, 5) is 25.7. The van der Waals surface area contributed by atoms with E-state index in [1.54, 1.807) is 24.3 Å². The van der Waals surface area contributed by atoms with Crippen LogP contribution in [0.1, 0.15) is 30.6 Å². The molecule has 0 spiro atoms. The van der Waals surface area contributed by atoms with Crippen molar-refractivity contribution in [3.8, 4) is 5.75 Å². The van der Waals surface area contributed by atoms with Gasteiger partial charge in [-0.15, -0.1) is 0 Å². The van der Waals surface area contributed by atoms with Crippen molar-refractivity contribution in [2.24, 2.45) is 5.92 Å². The highest BCUT2D eigenvalue weighted by Crippen LogP contribution is 2.27. The summed E-state index contributed by atoms with van der Waals surface area (Å²) in [5, 5.41) is 13.3. The fraction of sp³-hybridized carbons (Fsp3) is 0.238. The van der Waals surface area contributed by atoms with Crippen molar-refractivity contribution in [1.82, 2.24) is 4.57 Å². The predicted octanol–water partition coefficient (Wildman–Crippen LogP) is 4.28. The molecule has 28 heavy (non-hydrogen) atoms. The van der Waals surface area contributed by atoms with E-state index in [1.165, 1.54) is 10.6 Å². The molecule has 146 valence electrons. The maximum atomic E-state index is 13.4. The minimum absolute atomic E-state index is 0.0235. The summed E-state index contributed by atoms with van der Waals surface area (Å²) in [5.74, 6) is -3.18. The molecular weight excluding hydrogens is 366 g/mol. The Morgan fingerprint density at radius 2 is 1.86 bits per heavy atom. The number of aryl methyl sites for hydroxylation is 1. The van der Waals surface area contributed by atoms with Crippen LogP contribution in [-0.2, 0) is 6.54 Å². The van der Waals surface area contributed by atoms with E-state index < -0.39 is 34.4 Å². The van der Waals surface area contributed by atoms with Gasteiger partial charge in [-0.05, 0) is 36.6 Å². The summed E-state index contributed by atoms with van der Waals surface area (Å²) in [6.07, 6.45) is 0.707. The Bertz CT molecular complexity index is 1110. The van der Waals surface area contributed by atoms with Gasteiger partial charge in [0.25, 0.3) is 11.5 Å². The summed E-state index contributed by atoms with van der Waals surface area (Å²) < 4.78 is 27.9. The molecule has 1 heterocycles. The van der Waals surface area contributed by atoms with Crippen LogP contribution in [0.15, 0.2) is 47.3 Å². The highest BCUT2D eigenvalue weighted by atomic mass is 19.2. The monoisotopic (exact) mass is 386 g/mol. The fourth-order valence-corrected chi connectivity index (χ4v) is 2.97. The molecule has 2 aromatic carbocycles. The van der Waals surface area contributed by atoms with Gasteiger partial charge in [-0.25, -0.2) is 8.78 Å². The third-order valence-electron chi connectivity index (χ3n) is 4.48. The van der Waals surface area contributed by atoms with Crippen LogP contribution in [-0.4, -0.2) is 15.6 Å². The summed E-state index contributed by atoms with van der Waals surface area (Å²) in [6.45, 7) is 4.41. The first-order chi connectivity index (χ1) is 13.3. The molecule has 0 fully saturated rings. The van der Waals surface area contributed by atoms with E-state index in [2.05, 4.69) is 5.32 Å². The van der Waals surface area contributed by atoms with Gasteiger partial charge in [0, 0.05) is 23.7 Å². The second-order valence-corrected chi connectivity index (χ2v) is 6.96. The van der Waals surface area contributed by atoms with Crippen molar-refractivity contribution in [3.63, 3.8) is 0 Å². The number of para-hydroxylation sites is 1. The molecule has 2 N–H and O–H groups in total. The minimum Gasteiger partial charge on any atom is -0.506 e. The number of hydrogen-bond acceptors (Lipinski definition) is 3. The third kappa shape index (κ3) is 3.74. The van der Waals surface area contributed by atoms with Crippen LogP contribution in [0.3, 0.4) is 0 Å². The molecule has 0 saturated carbocycles. The van der Waals surface area contributed by atoms with E-state index in [4.69, 9.17) is 0 Å². The first kappa shape index (κ1) is 19.5. The molecule has 3 aromatic rings. The van der Waals surface area contributed by atoms with Crippen molar-refractivity contribution >= 4 is 22.5 Å². The zero-order valence-electron chi connectivity index (χ0n) is 15.5. The van der Waals surface area contributed by atoms with Gasteiger partial charge >= 0.3 is 0 Å². The maximum absolute atomic E-state index is 13.4. The maximum Gasteiger partial charge on any atom is 0.267 e. The minimum atomic E-state index is -1.13. The molecule has 0 aliphatic heterocycles. The normalized spacial score (nSPS) is 11.2. The summed E-state index contributed by atoms with van der Waals surface area (Å²) >= 11 is 0. The smallest absolute Gasteiger partial charge is 0.267 e. The molecule has 0 saturated heterocycles. The molecule has 0 radical (unpaired) electrons. The number of rotatable bonds is 5. The zero-order valence-corrected chi connectivity index (χ0v) is 15.5. The molecule has 7 heteroatoms. The lowest BCUT2D eigenvalue weighted by atomic mass is 10.1. The second kappa shape index (κ2) is 7.80. The summed E-state index contributed by atoms with van der Waals surface area (Å²) in [5.41, 5.74) is -0.580. The average Bonchev–Trinajstić information content (AvgIpc) is 2.64. The number of anilines is 1. The van der Waals surface area contributed by atoms with Gasteiger partial charge in [-0.2, -0.15) is 0 Å². The largest absolute Gasteiger partial charge is 0.506 e. The van der Waals surface area contributed by atoms with Gasteiger partial charge in [0.1, 0.15) is 11.3 Å². The van der Waals surface area contributed by atoms with Gasteiger partial charge in [0.15, 0.2) is 11.6 Å². The number of nitrogens with zero attached hydrogens (tertiary/aromatic N) is 1. The Hall–Kier alpha value is -3.22. The first-order valence-corrected chi connectivity index (χ1v) is 8.90. The van der Waals surface area contributed by atoms with Crippen LogP contribution in [0.25, 0.3) is 10.9 Å². The number of hydrogen-bond donors (Lipinski definition) is 2. The molecule has 1 amide bonds. The Balaban J connectivity index is 2.10. The highest BCUT2D eigenvalue weighted by molar-refractivity contribution is 6.09. The van der Waals surface area contributed by atoms with E-state index >= 15 is 0 Å². The Kier molecular flexibility index (Phi) is 5.44. The summed E-state index contributed by atoms with van der Waals surface area (Å²) in [7, 11) is 0. The first-order valence-electron chi connectivity index (χ1n) is 8.90. The van der Waals surface area contributed by atoms with E-state index in [9.17, 15) is 23.5 Å². The van der Waals surface area contributed by atoms with E-state index in [0.717, 1.165) is 12.1 Å². The van der Waals surface area contributed by atoms with Crippen LogP contribution in [0.4, 0.5) is 14.5 Å². The van der Waals surface area contributed by atoms with E-state index in [1.807, 2.05) is 13.8 Å². The molecule has 0 aliphatic carbocycles. The number of fused-ring (bicyclic) bond motifs is 1. The summed E-state index contributed by atoms with van der Waals surface area (Å²) in [6, 6.07) is 9.60. The number of nitrogens with one attached hydrogen (secondary N) is 1. The van der Waals surface area contributed by atoms with Crippen LogP contribution in [0, 0.1) is 17.6 Å². The van der Waals surface area contributed by atoms with Gasteiger partial charge < -0.3 is 15.0 Å². The lowest BCUT2D eigenvalue weighted by Crippen LogP contribution is -2.30. The second-order valence-electron chi connectivity index (χ2n) is 6.96. The standard InChI is InChI=1S/C21H20F2N2O3/c1-12(2)9-10-25-17-6-4-3-5-14(17)19(26)18(21(25)28)20(27)24-13-7-8-15(22)16(23)11-13/h3-8,11-12,26H,9-10H2,1-2H3,(H,24,27). The molecule has 1 aromatic heterocycles. The Labute approximate surface area is 160 Å². The topological polar surface area (TPSA) is 71.3 Å². The molecule has 0 unspecified atom stereocenters. The molecular formula is C21H20F2N2O3. The van der Waals surface area contributed by atoms with Crippen molar-refractivity contribution in [2.75, 3.05) is 5.32 Å². The number of carbonyl (C=O) groups excluding carboxylic acids is 1. The molecule has 3 rings (SSSR count). The molecule has 0 bridgehead atoms. The fourth-order valence-electron chi connectivity index (χ4n) is 2.97. The number of aromatic hydroxyl groups is 1. The molecule has 5 nitrogen and oxygen atoms in total. The van der Waals surface area contributed by atoms with Crippen LogP contribution in [0.2, 0.25) is 0 Å². The van der Waals surface area contributed by atoms with Crippen LogP contribution >= 0.6 is 0 Å². The lowest BCUT2D eigenvalue weighted by molar-refractivity contribution is 0.102.